The molecule has 0 unspecified atom stereocenters. The van der Waals surface area contributed by atoms with Crippen molar-refractivity contribution in [3.8, 4) is 0 Å². The molecule has 326 valence electrons. The zero-order valence-electron chi connectivity index (χ0n) is 33.7. The third-order valence-corrected chi connectivity index (χ3v) is 14.0. The number of carboxylic acid groups (broad SMARTS) is 1. The van der Waals surface area contributed by atoms with Gasteiger partial charge in [0.1, 0.15) is 0 Å². The third-order valence-electron chi connectivity index (χ3n) is 11.0. The molecule has 0 saturated carbocycles. The van der Waals surface area contributed by atoms with E-state index < -0.39 is 5.97 Å². The van der Waals surface area contributed by atoms with Crippen molar-refractivity contribution in [3.63, 3.8) is 0 Å². The first kappa shape index (κ1) is 45.8. The summed E-state index contributed by atoms with van der Waals surface area (Å²) >= 11 is 3.75. The van der Waals surface area contributed by atoms with E-state index in [4.69, 9.17) is 0 Å². The van der Waals surface area contributed by atoms with Crippen LogP contribution in [0.2, 0.25) is 0 Å². The number of rotatable bonds is 27. The highest BCUT2D eigenvalue weighted by molar-refractivity contribution is 8.00. The predicted octanol–water partition coefficient (Wildman–Crippen LogP) is 1.66. The van der Waals surface area contributed by atoms with Gasteiger partial charge in [-0.15, -0.1) is 0 Å². The van der Waals surface area contributed by atoms with E-state index in [2.05, 4.69) is 42.5 Å². The molecule has 6 atom stereocenters. The van der Waals surface area contributed by atoms with E-state index in [0.717, 1.165) is 55.6 Å². The Bertz CT molecular complexity index is 1520. The van der Waals surface area contributed by atoms with E-state index in [1.807, 2.05) is 23.5 Å². The van der Waals surface area contributed by atoms with Crippen molar-refractivity contribution in [2.24, 2.45) is 0 Å². The van der Waals surface area contributed by atoms with Crippen LogP contribution in [0, 0.1) is 0 Å². The Morgan fingerprint density at radius 3 is 1.44 bits per heavy atom. The topological polar surface area (TPSA) is 239 Å². The molecule has 4 aliphatic heterocycles. The summed E-state index contributed by atoms with van der Waals surface area (Å²) in [5.74, 6) is 0.337. The molecule has 0 radical (unpaired) electrons. The number of urea groups is 2. The molecule has 17 nitrogen and oxygen atoms in total. The van der Waals surface area contributed by atoms with Gasteiger partial charge in [-0.05, 0) is 69.1 Å². The Kier molecular flexibility index (Phi) is 18.8. The second kappa shape index (κ2) is 24.1. The lowest BCUT2D eigenvalue weighted by atomic mass is 10.0. The Labute approximate surface area is 354 Å². The van der Waals surface area contributed by atoms with Gasteiger partial charge in [-0.1, -0.05) is 25.0 Å². The van der Waals surface area contributed by atoms with Crippen LogP contribution in [0.15, 0.2) is 24.3 Å². The molecule has 4 saturated heterocycles. The van der Waals surface area contributed by atoms with E-state index in [9.17, 15) is 38.7 Å². The van der Waals surface area contributed by atoms with Crippen LogP contribution >= 0.6 is 23.5 Å². The normalized spacial score (nSPS) is 22.7. The molecule has 0 aromatic heterocycles. The van der Waals surface area contributed by atoms with Crippen molar-refractivity contribution in [1.29, 1.82) is 0 Å². The first-order valence-corrected chi connectivity index (χ1v) is 23.1. The number of hydrogen-bond donors (Lipinski definition) is 9. The SMILES string of the molecule is O=C(CCCC[C@@H]1SC[C@@H]2NC(=O)N[C@@H]21)NCCCCNC(=O)CN(CC(=O)NCCCCNC(=O)CCCC[C@@H]1SC[C@@H]2NC(=O)N[C@@H]21)Cc1ccc(C(=O)O)cc1. The summed E-state index contributed by atoms with van der Waals surface area (Å²) in [5.41, 5.74) is 0.910. The quantitative estimate of drug-likeness (QED) is 0.0456. The minimum absolute atomic E-state index is 0.00845. The number of nitrogens with one attached hydrogen (secondary N) is 8. The summed E-state index contributed by atoms with van der Waals surface area (Å²) in [7, 11) is 0. The van der Waals surface area contributed by atoms with Crippen LogP contribution in [0.1, 0.15) is 93.0 Å². The fourth-order valence-corrected chi connectivity index (χ4v) is 10.9. The van der Waals surface area contributed by atoms with Crippen molar-refractivity contribution in [2.75, 3.05) is 50.8 Å². The maximum atomic E-state index is 12.9. The monoisotopic (exact) mass is 859 g/mol. The summed E-state index contributed by atoms with van der Waals surface area (Å²) in [6, 6.07) is 6.91. The molecular weight excluding hydrogens is 799 g/mol. The van der Waals surface area contributed by atoms with Gasteiger partial charge in [0, 0.05) is 67.6 Å². The van der Waals surface area contributed by atoms with Gasteiger partial charge in [0.05, 0.1) is 42.8 Å². The van der Waals surface area contributed by atoms with Gasteiger partial charge in [0.2, 0.25) is 23.6 Å². The van der Waals surface area contributed by atoms with E-state index >= 15 is 0 Å². The van der Waals surface area contributed by atoms with Gasteiger partial charge in [-0.3, -0.25) is 24.1 Å². The van der Waals surface area contributed by atoms with Gasteiger partial charge >= 0.3 is 18.0 Å². The van der Waals surface area contributed by atoms with Crippen LogP contribution in [-0.2, 0) is 25.7 Å². The molecule has 1 aromatic carbocycles. The number of benzene rings is 1. The lowest BCUT2D eigenvalue weighted by Crippen LogP contribution is -2.43. The molecule has 19 heteroatoms. The Morgan fingerprint density at radius 1 is 0.593 bits per heavy atom. The van der Waals surface area contributed by atoms with Crippen LogP contribution in [0.25, 0.3) is 0 Å². The molecule has 0 spiro atoms. The summed E-state index contributed by atoms with van der Waals surface area (Å²) < 4.78 is 0. The molecule has 0 aliphatic carbocycles. The van der Waals surface area contributed by atoms with E-state index in [1.165, 1.54) is 12.1 Å². The Balaban J connectivity index is 0.899. The molecule has 9 N–H and O–H groups in total. The summed E-state index contributed by atoms with van der Waals surface area (Å²) in [6.07, 6.45) is 9.03. The average Bonchev–Trinajstić information content (AvgIpc) is 3.96. The first-order chi connectivity index (χ1) is 28.5. The van der Waals surface area contributed by atoms with Gasteiger partial charge in [-0.25, -0.2) is 14.4 Å². The minimum Gasteiger partial charge on any atom is -0.478 e. The van der Waals surface area contributed by atoms with E-state index in [-0.39, 0.29) is 85.1 Å². The van der Waals surface area contributed by atoms with Crippen molar-refractivity contribution in [3.05, 3.63) is 35.4 Å². The van der Waals surface area contributed by atoms with Crippen molar-refractivity contribution >= 4 is 65.2 Å². The molecule has 5 rings (SSSR count). The molecule has 59 heavy (non-hydrogen) atoms. The average molecular weight is 860 g/mol. The summed E-state index contributed by atoms with van der Waals surface area (Å²) in [6.45, 7) is 2.07. The molecule has 0 bridgehead atoms. The fourth-order valence-electron chi connectivity index (χ4n) is 7.83. The van der Waals surface area contributed by atoms with E-state index in [1.54, 1.807) is 17.0 Å². The van der Waals surface area contributed by atoms with Gasteiger partial charge < -0.3 is 47.6 Å². The zero-order valence-corrected chi connectivity index (χ0v) is 35.3. The van der Waals surface area contributed by atoms with Crippen LogP contribution in [0.3, 0.4) is 0 Å². The number of carbonyl (C=O) groups is 7. The minimum atomic E-state index is -1.04. The Morgan fingerprint density at radius 2 is 1.02 bits per heavy atom. The van der Waals surface area contributed by atoms with Gasteiger partial charge in [-0.2, -0.15) is 23.5 Å². The van der Waals surface area contributed by atoms with Crippen molar-refractivity contribution < 1.29 is 38.7 Å². The predicted molar refractivity (Wildman–Crippen MR) is 227 cm³/mol. The van der Waals surface area contributed by atoms with Crippen LogP contribution in [-0.4, -0.2) is 137 Å². The van der Waals surface area contributed by atoms with Gasteiger partial charge in [0.25, 0.3) is 0 Å². The zero-order chi connectivity index (χ0) is 42.0. The number of amides is 8. The number of thioether (sulfide) groups is 2. The second-order valence-electron chi connectivity index (χ2n) is 15.7. The van der Waals surface area contributed by atoms with Crippen LogP contribution in [0.4, 0.5) is 9.59 Å². The highest BCUT2D eigenvalue weighted by atomic mass is 32.2. The van der Waals surface area contributed by atoms with E-state index in [0.29, 0.717) is 75.2 Å². The number of hydrogen-bond acceptors (Lipinski definition) is 10. The number of carbonyl (C=O) groups excluding carboxylic acids is 6. The fraction of sp³-hybridized carbons (Fsp3) is 0.675. The summed E-state index contributed by atoms with van der Waals surface area (Å²) in [5, 5.41) is 33.6. The first-order valence-electron chi connectivity index (χ1n) is 21.0. The number of unbranched alkanes of at least 4 members (excludes halogenated alkanes) is 4. The standard InChI is InChI=1S/C40H61N9O8S2/c50-32(11-3-1-9-30-36-28(24-58-30)45-39(56)47-36)41-17-5-7-19-43-34(52)22-49(21-26-13-15-27(16-14-26)38(54)55)23-35(53)44-20-8-6-18-42-33(51)12-4-2-10-31-37-29(25-59-31)46-40(57)48-37/h13-16,28-31,36-37H,1-12,17-25H2,(H,41,50)(H,42,51)(H,43,52)(H,44,53)(H,54,55)(H2,45,47,56)(H2,46,48,57)/t28-,29-,30-,31-,36-,37-/m0/s1. The number of carboxylic acids is 1. The molecule has 4 aliphatic rings. The third kappa shape index (κ3) is 15.7. The molecule has 1 aromatic rings. The largest absolute Gasteiger partial charge is 0.478 e. The number of fused-ring (bicyclic) bond motifs is 2. The van der Waals surface area contributed by atoms with Crippen LogP contribution < -0.4 is 42.5 Å². The maximum absolute atomic E-state index is 12.9. The summed E-state index contributed by atoms with van der Waals surface area (Å²) in [4.78, 5) is 86.5. The second-order valence-corrected chi connectivity index (χ2v) is 18.2. The maximum Gasteiger partial charge on any atom is 0.335 e. The smallest absolute Gasteiger partial charge is 0.335 e. The van der Waals surface area contributed by atoms with Crippen molar-refractivity contribution in [2.45, 2.75) is 118 Å². The molecule has 4 heterocycles. The lowest BCUT2D eigenvalue weighted by Gasteiger charge is -2.21. The molecule has 8 amide bonds. The Hall–Kier alpha value is -4.23. The highest BCUT2D eigenvalue weighted by Crippen LogP contribution is 2.34. The lowest BCUT2D eigenvalue weighted by molar-refractivity contribution is -0.126. The van der Waals surface area contributed by atoms with Gasteiger partial charge in [0.15, 0.2) is 0 Å². The molecule has 4 fully saturated rings. The number of nitrogens with zero attached hydrogens (tertiary/aromatic N) is 1. The highest BCUT2D eigenvalue weighted by Gasteiger charge is 2.43. The molecular formula is C40H61N9O8S2. The number of aromatic carboxylic acids is 1. The van der Waals surface area contributed by atoms with Crippen LogP contribution in [0.5, 0.6) is 0 Å². The van der Waals surface area contributed by atoms with Crippen molar-refractivity contribution in [1.82, 2.24) is 47.4 Å².